The molecule has 1 N–H and O–H groups in total. The van der Waals surface area contributed by atoms with Crippen LogP contribution in [0.1, 0.15) is 5.69 Å². The molecule has 0 saturated heterocycles. The zero-order chi connectivity index (χ0) is 9.14. The molecule has 0 aliphatic rings. The second-order valence-electron chi connectivity index (χ2n) is 2.43. The maximum atomic E-state index is 10.9. The summed E-state index contributed by atoms with van der Waals surface area (Å²) >= 11 is 4.66. The number of nitrogens with zero attached hydrogens (tertiary/aromatic N) is 1. The van der Waals surface area contributed by atoms with Crippen molar-refractivity contribution in [2.75, 3.05) is 0 Å². The summed E-state index contributed by atoms with van der Waals surface area (Å²) in [6, 6.07) is 1.32. The molecule has 0 aromatic carbocycles. The summed E-state index contributed by atoms with van der Waals surface area (Å²) in [6.45, 7) is 2.20. The van der Waals surface area contributed by atoms with Crippen LogP contribution in [0.4, 0.5) is 0 Å². The fourth-order valence-electron chi connectivity index (χ4n) is 0.941. The van der Waals surface area contributed by atoms with Gasteiger partial charge in [-0.1, -0.05) is 12.2 Å². The molecule has 3 nitrogen and oxygen atoms in total. The van der Waals surface area contributed by atoms with E-state index in [0.29, 0.717) is 12.2 Å². The molecule has 0 unspecified atom stereocenters. The van der Waals surface area contributed by atoms with Crippen LogP contribution in [0, 0.1) is 6.92 Å². The Kier molecular flexibility index (Phi) is 2.60. The van der Waals surface area contributed by atoms with Crippen molar-refractivity contribution in [2.45, 2.75) is 13.5 Å². The zero-order valence-corrected chi connectivity index (χ0v) is 7.47. The van der Waals surface area contributed by atoms with Gasteiger partial charge in [-0.05, 0) is 12.3 Å². The van der Waals surface area contributed by atoms with Crippen molar-refractivity contribution in [3.8, 4) is 5.75 Å². The number of thiocarbonyl (C=S) groups is 1. The topological polar surface area (TPSA) is 42.2 Å². The molecule has 64 valence electrons. The van der Waals surface area contributed by atoms with E-state index in [1.54, 1.807) is 17.7 Å². The van der Waals surface area contributed by atoms with E-state index in [9.17, 15) is 9.90 Å². The summed E-state index contributed by atoms with van der Waals surface area (Å²) in [5, 5.41) is 10.8. The Labute approximate surface area is 75.3 Å². The number of hydrogen-bond acceptors (Lipinski definition) is 3. The van der Waals surface area contributed by atoms with Crippen molar-refractivity contribution in [1.82, 2.24) is 4.57 Å². The van der Waals surface area contributed by atoms with Crippen molar-refractivity contribution in [2.24, 2.45) is 0 Å². The summed E-state index contributed by atoms with van der Waals surface area (Å²) in [7, 11) is 0. The number of aromatic nitrogens is 1. The fraction of sp³-hybridized carbons (Fsp3) is 0.250. The average Bonchev–Trinajstić information content (AvgIpc) is 2.07. The molecular formula is C8H9NO2S. The Hall–Kier alpha value is -1.16. The van der Waals surface area contributed by atoms with Crippen molar-refractivity contribution >= 4 is 17.6 Å². The van der Waals surface area contributed by atoms with Crippen molar-refractivity contribution < 1.29 is 5.11 Å². The molecule has 0 spiro atoms. The van der Waals surface area contributed by atoms with Gasteiger partial charge in [0.2, 0.25) is 5.43 Å². The van der Waals surface area contributed by atoms with Crippen LogP contribution in [-0.2, 0) is 6.54 Å². The van der Waals surface area contributed by atoms with Crippen molar-refractivity contribution in [3.63, 3.8) is 0 Å². The summed E-state index contributed by atoms with van der Waals surface area (Å²) in [5.74, 6) is -0.200. The molecule has 0 aliphatic heterocycles. The van der Waals surface area contributed by atoms with Crippen LogP contribution in [0.2, 0.25) is 0 Å². The van der Waals surface area contributed by atoms with Crippen LogP contribution >= 0.6 is 12.2 Å². The lowest BCUT2D eigenvalue weighted by molar-refractivity contribution is 0.456. The van der Waals surface area contributed by atoms with Crippen molar-refractivity contribution in [1.29, 1.82) is 0 Å². The highest BCUT2D eigenvalue weighted by Crippen LogP contribution is 2.07. The third kappa shape index (κ3) is 1.53. The van der Waals surface area contributed by atoms with Gasteiger partial charge in [-0.2, -0.15) is 0 Å². The largest absolute Gasteiger partial charge is 0.503 e. The zero-order valence-electron chi connectivity index (χ0n) is 6.65. The standard InChI is InChI=1S/C8H9NO2S/c1-6-8(11)7(10)2-3-9(6)4-5-12/h2-3,5,11H,4H2,1H3. The van der Waals surface area contributed by atoms with Gasteiger partial charge in [0, 0.05) is 12.3 Å². The normalized spacial score (nSPS) is 9.75. The molecule has 0 radical (unpaired) electrons. The maximum Gasteiger partial charge on any atom is 0.223 e. The van der Waals surface area contributed by atoms with E-state index in [2.05, 4.69) is 12.2 Å². The van der Waals surface area contributed by atoms with E-state index in [-0.39, 0.29) is 11.2 Å². The van der Waals surface area contributed by atoms with Gasteiger partial charge in [0.25, 0.3) is 0 Å². The van der Waals surface area contributed by atoms with Crippen molar-refractivity contribution in [3.05, 3.63) is 28.2 Å². The first kappa shape index (κ1) is 8.93. The second kappa shape index (κ2) is 3.49. The fourth-order valence-corrected chi connectivity index (χ4v) is 1.10. The molecule has 1 heterocycles. The van der Waals surface area contributed by atoms with Crippen LogP contribution in [0.3, 0.4) is 0 Å². The van der Waals surface area contributed by atoms with E-state index < -0.39 is 0 Å². The minimum Gasteiger partial charge on any atom is -0.503 e. The molecule has 0 fully saturated rings. The average molecular weight is 183 g/mol. The lowest BCUT2D eigenvalue weighted by atomic mass is 10.3. The third-order valence-electron chi connectivity index (χ3n) is 1.68. The molecule has 0 atom stereocenters. The Bertz CT molecular complexity index is 357. The van der Waals surface area contributed by atoms with Gasteiger partial charge in [-0.25, -0.2) is 0 Å². The van der Waals surface area contributed by atoms with E-state index in [1.165, 1.54) is 11.4 Å². The highest BCUT2D eigenvalue weighted by atomic mass is 32.1. The summed E-state index contributed by atoms with van der Waals surface area (Å²) < 4.78 is 1.71. The monoisotopic (exact) mass is 183 g/mol. The van der Waals surface area contributed by atoms with Gasteiger partial charge in [0.15, 0.2) is 5.75 Å². The van der Waals surface area contributed by atoms with Gasteiger partial charge in [-0.3, -0.25) is 4.79 Å². The predicted octanol–water partition coefficient (Wildman–Crippen LogP) is 0.862. The van der Waals surface area contributed by atoms with Crippen LogP contribution < -0.4 is 5.43 Å². The molecule has 0 saturated carbocycles. The Morgan fingerprint density at radius 2 is 2.42 bits per heavy atom. The number of hydrogen-bond donors (Lipinski definition) is 1. The SMILES string of the molecule is Cc1c(O)c(=O)ccn1CC=S. The molecule has 1 aromatic rings. The highest BCUT2D eigenvalue weighted by molar-refractivity contribution is 7.78. The van der Waals surface area contributed by atoms with Gasteiger partial charge >= 0.3 is 0 Å². The lowest BCUT2D eigenvalue weighted by Crippen LogP contribution is -2.10. The van der Waals surface area contributed by atoms with E-state index in [0.717, 1.165) is 0 Å². The van der Waals surface area contributed by atoms with Crippen LogP contribution in [0.5, 0.6) is 5.75 Å². The highest BCUT2D eigenvalue weighted by Gasteiger charge is 2.02. The van der Waals surface area contributed by atoms with Gasteiger partial charge in [-0.15, -0.1) is 0 Å². The van der Waals surface area contributed by atoms with Gasteiger partial charge < -0.3 is 9.67 Å². The third-order valence-corrected chi connectivity index (χ3v) is 1.83. The smallest absolute Gasteiger partial charge is 0.223 e. The molecule has 0 bridgehead atoms. The van der Waals surface area contributed by atoms with Crippen LogP contribution in [0.15, 0.2) is 17.1 Å². The Balaban J connectivity index is 3.26. The number of aromatic hydroxyl groups is 1. The molecule has 0 aliphatic carbocycles. The van der Waals surface area contributed by atoms with Crippen LogP contribution in [-0.4, -0.2) is 15.0 Å². The predicted molar refractivity (Wildman–Crippen MR) is 50.8 cm³/mol. The van der Waals surface area contributed by atoms with E-state index in [1.807, 2.05) is 0 Å². The number of pyridine rings is 1. The molecule has 1 aromatic heterocycles. The first-order chi connectivity index (χ1) is 5.66. The first-order valence-corrected chi connectivity index (χ1v) is 3.96. The molecule has 1 rings (SSSR count). The van der Waals surface area contributed by atoms with Gasteiger partial charge in [0.1, 0.15) is 0 Å². The molecule has 12 heavy (non-hydrogen) atoms. The minimum atomic E-state index is -0.354. The van der Waals surface area contributed by atoms with E-state index in [4.69, 9.17) is 0 Å². The summed E-state index contributed by atoms with van der Waals surface area (Å²) in [4.78, 5) is 10.9. The molecule has 0 amide bonds. The molecular weight excluding hydrogens is 174 g/mol. The lowest BCUT2D eigenvalue weighted by Gasteiger charge is -2.07. The molecule has 4 heteroatoms. The first-order valence-electron chi connectivity index (χ1n) is 3.49. The summed E-state index contributed by atoms with van der Waals surface area (Å²) in [6.07, 6.45) is 1.61. The second-order valence-corrected chi connectivity index (χ2v) is 2.77. The Morgan fingerprint density at radius 1 is 1.75 bits per heavy atom. The Morgan fingerprint density at radius 3 is 3.00 bits per heavy atom. The minimum absolute atomic E-state index is 0.200. The summed E-state index contributed by atoms with van der Waals surface area (Å²) in [5.41, 5.74) is 0.191. The quantitative estimate of drug-likeness (QED) is 0.691. The maximum absolute atomic E-state index is 10.9. The van der Waals surface area contributed by atoms with E-state index >= 15 is 0 Å². The van der Waals surface area contributed by atoms with Crippen LogP contribution in [0.25, 0.3) is 0 Å². The van der Waals surface area contributed by atoms with Gasteiger partial charge in [0.05, 0.1) is 12.2 Å². The number of rotatable bonds is 2.